The summed E-state index contributed by atoms with van der Waals surface area (Å²) >= 11 is 0. The fourth-order valence-electron chi connectivity index (χ4n) is 3.87. The number of aromatic nitrogens is 2. The van der Waals surface area contributed by atoms with E-state index in [1.165, 1.54) is 25.7 Å². The second-order valence-electron chi connectivity index (χ2n) is 6.56. The number of fused-ring (bicyclic) bond motifs is 1. The van der Waals surface area contributed by atoms with Gasteiger partial charge in [-0.15, -0.1) is 12.4 Å². The van der Waals surface area contributed by atoms with Crippen LogP contribution in [0.15, 0.2) is 18.2 Å². The third-order valence-electron chi connectivity index (χ3n) is 5.17. The first-order chi connectivity index (χ1) is 11.2. The number of carboxylic acid groups (broad SMARTS) is 1. The van der Waals surface area contributed by atoms with Crippen LogP contribution in [-0.4, -0.2) is 58.2 Å². The Morgan fingerprint density at radius 3 is 2.54 bits per heavy atom. The second kappa shape index (κ2) is 6.99. The minimum atomic E-state index is -0.949. The molecule has 6 nitrogen and oxygen atoms in total. The van der Waals surface area contributed by atoms with Crippen molar-refractivity contribution in [3.8, 4) is 0 Å². The highest BCUT2D eigenvalue weighted by Gasteiger charge is 2.26. The minimum Gasteiger partial charge on any atom is -0.477 e. The predicted octanol–water partition coefficient (Wildman–Crippen LogP) is 2.75. The van der Waals surface area contributed by atoms with Crippen molar-refractivity contribution < 1.29 is 9.90 Å². The molecule has 0 unspecified atom stereocenters. The standard InChI is InChI=1S/C17H22N4O2.ClH/c22-17(23)14-11-12-5-6-15(19-16(12)18-14)21-9-7-20(8-10-21)13-3-1-2-4-13;/h5-6,11,13H,1-4,7-10H2,(H,18,19)(H,22,23);1H. The molecule has 2 aliphatic rings. The second-order valence-corrected chi connectivity index (χ2v) is 6.56. The third-order valence-corrected chi connectivity index (χ3v) is 5.17. The van der Waals surface area contributed by atoms with Crippen molar-refractivity contribution in [2.75, 3.05) is 31.1 Å². The Hall–Kier alpha value is -1.79. The number of aromatic carboxylic acids is 1. The molecule has 2 N–H and O–H groups in total. The van der Waals surface area contributed by atoms with Gasteiger partial charge in [0, 0.05) is 37.6 Å². The van der Waals surface area contributed by atoms with E-state index in [2.05, 4.69) is 19.8 Å². The molecule has 130 valence electrons. The molecule has 2 aromatic rings. The SMILES string of the molecule is Cl.O=C(O)c1cc2ccc(N3CCN(C4CCCC4)CC3)nc2[nH]1. The molecule has 3 heterocycles. The Labute approximate surface area is 147 Å². The number of pyridine rings is 1. The molecule has 24 heavy (non-hydrogen) atoms. The molecular weight excluding hydrogens is 328 g/mol. The summed E-state index contributed by atoms with van der Waals surface area (Å²) < 4.78 is 0. The van der Waals surface area contributed by atoms with Crippen molar-refractivity contribution in [2.24, 2.45) is 0 Å². The highest BCUT2D eigenvalue weighted by molar-refractivity contribution is 5.92. The van der Waals surface area contributed by atoms with Crippen molar-refractivity contribution in [1.29, 1.82) is 0 Å². The van der Waals surface area contributed by atoms with Gasteiger partial charge in [-0.05, 0) is 31.0 Å². The van der Waals surface area contributed by atoms with Gasteiger partial charge in [0.05, 0.1) is 0 Å². The Morgan fingerprint density at radius 2 is 1.88 bits per heavy atom. The van der Waals surface area contributed by atoms with Gasteiger partial charge in [0.15, 0.2) is 0 Å². The zero-order chi connectivity index (χ0) is 15.8. The fraction of sp³-hybridized carbons (Fsp3) is 0.529. The highest BCUT2D eigenvalue weighted by atomic mass is 35.5. The van der Waals surface area contributed by atoms with E-state index in [4.69, 9.17) is 5.11 Å². The first kappa shape index (κ1) is 17.0. The van der Waals surface area contributed by atoms with Crippen LogP contribution < -0.4 is 4.90 Å². The van der Waals surface area contributed by atoms with Gasteiger partial charge >= 0.3 is 5.97 Å². The maximum absolute atomic E-state index is 11.0. The average Bonchev–Trinajstić information content (AvgIpc) is 3.24. The van der Waals surface area contributed by atoms with E-state index < -0.39 is 5.97 Å². The van der Waals surface area contributed by atoms with Crippen LogP contribution in [0.25, 0.3) is 11.0 Å². The fourth-order valence-corrected chi connectivity index (χ4v) is 3.87. The first-order valence-electron chi connectivity index (χ1n) is 8.43. The molecule has 7 heteroatoms. The Balaban J connectivity index is 0.00000169. The van der Waals surface area contributed by atoms with Crippen LogP contribution in [0, 0.1) is 0 Å². The number of nitrogens with zero attached hydrogens (tertiary/aromatic N) is 3. The summed E-state index contributed by atoms with van der Waals surface area (Å²) in [6.45, 7) is 4.16. The summed E-state index contributed by atoms with van der Waals surface area (Å²) in [5, 5.41) is 9.91. The van der Waals surface area contributed by atoms with E-state index in [-0.39, 0.29) is 18.1 Å². The highest BCUT2D eigenvalue weighted by Crippen LogP contribution is 2.26. The Kier molecular flexibility index (Phi) is 4.96. The van der Waals surface area contributed by atoms with Crippen molar-refractivity contribution in [1.82, 2.24) is 14.9 Å². The molecular formula is C17H23ClN4O2. The maximum atomic E-state index is 11.0. The van der Waals surface area contributed by atoms with Gasteiger partial charge in [0.1, 0.15) is 17.2 Å². The number of rotatable bonds is 3. The number of aromatic amines is 1. The lowest BCUT2D eigenvalue weighted by Gasteiger charge is -2.38. The van der Waals surface area contributed by atoms with Crippen LogP contribution in [0.2, 0.25) is 0 Å². The molecule has 0 aromatic carbocycles. The lowest BCUT2D eigenvalue weighted by molar-refractivity contribution is 0.0691. The van der Waals surface area contributed by atoms with E-state index in [0.29, 0.717) is 5.65 Å². The van der Waals surface area contributed by atoms with E-state index in [1.54, 1.807) is 6.07 Å². The van der Waals surface area contributed by atoms with Crippen molar-refractivity contribution in [3.63, 3.8) is 0 Å². The zero-order valence-corrected chi connectivity index (χ0v) is 14.4. The van der Waals surface area contributed by atoms with Crippen LogP contribution in [0.1, 0.15) is 36.2 Å². The topological polar surface area (TPSA) is 72.5 Å². The van der Waals surface area contributed by atoms with Gasteiger partial charge in [-0.3, -0.25) is 4.90 Å². The van der Waals surface area contributed by atoms with E-state index in [1.807, 2.05) is 12.1 Å². The number of nitrogens with one attached hydrogen (secondary N) is 1. The predicted molar refractivity (Wildman–Crippen MR) is 96.3 cm³/mol. The summed E-state index contributed by atoms with van der Waals surface area (Å²) in [5.74, 6) is -0.0166. The van der Waals surface area contributed by atoms with Crippen molar-refractivity contribution >= 4 is 35.2 Å². The summed E-state index contributed by atoms with van der Waals surface area (Å²) in [4.78, 5) is 23.5. The number of anilines is 1. The van der Waals surface area contributed by atoms with Crippen LogP contribution in [0.4, 0.5) is 5.82 Å². The largest absolute Gasteiger partial charge is 0.477 e. The molecule has 0 bridgehead atoms. The molecule has 0 radical (unpaired) electrons. The third kappa shape index (κ3) is 3.21. The lowest BCUT2D eigenvalue weighted by Crippen LogP contribution is -2.49. The Morgan fingerprint density at radius 1 is 1.17 bits per heavy atom. The lowest BCUT2D eigenvalue weighted by atomic mass is 10.2. The van der Waals surface area contributed by atoms with Crippen molar-refractivity contribution in [3.05, 3.63) is 23.9 Å². The van der Waals surface area contributed by atoms with E-state index in [9.17, 15) is 4.79 Å². The monoisotopic (exact) mass is 350 g/mol. The van der Waals surface area contributed by atoms with Gasteiger partial charge in [0.2, 0.25) is 0 Å². The number of carboxylic acids is 1. The van der Waals surface area contributed by atoms with Gasteiger partial charge in [-0.1, -0.05) is 12.8 Å². The molecule has 0 atom stereocenters. The number of H-pyrrole nitrogens is 1. The zero-order valence-electron chi connectivity index (χ0n) is 13.6. The number of hydrogen-bond acceptors (Lipinski definition) is 4. The van der Waals surface area contributed by atoms with Gasteiger partial charge < -0.3 is 15.0 Å². The molecule has 1 saturated heterocycles. The number of halogens is 1. The first-order valence-corrected chi connectivity index (χ1v) is 8.43. The van der Waals surface area contributed by atoms with Gasteiger partial charge in [0.25, 0.3) is 0 Å². The van der Waals surface area contributed by atoms with Crippen molar-refractivity contribution in [2.45, 2.75) is 31.7 Å². The molecule has 4 rings (SSSR count). The van der Waals surface area contributed by atoms with E-state index >= 15 is 0 Å². The maximum Gasteiger partial charge on any atom is 0.352 e. The number of carbonyl (C=O) groups is 1. The smallest absolute Gasteiger partial charge is 0.352 e. The van der Waals surface area contributed by atoms with E-state index in [0.717, 1.165) is 43.4 Å². The molecule has 1 saturated carbocycles. The van der Waals surface area contributed by atoms with Gasteiger partial charge in [-0.2, -0.15) is 0 Å². The summed E-state index contributed by atoms with van der Waals surface area (Å²) in [6.07, 6.45) is 5.46. The Bertz CT molecular complexity index is 718. The quantitative estimate of drug-likeness (QED) is 0.890. The summed E-state index contributed by atoms with van der Waals surface area (Å²) in [7, 11) is 0. The molecule has 0 amide bonds. The summed E-state index contributed by atoms with van der Waals surface area (Å²) in [6, 6.07) is 6.36. The molecule has 1 aliphatic carbocycles. The molecule has 0 spiro atoms. The summed E-state index contributed by atoms with van der Waals surface area (Å²) in [5.41, 5.74) is 0.842. The number of piperazine rings is 1. The van der Waals surface area contributed by atoms with Crippen LogP contribution in [0.3, 0.4) is 0 Å². The van der Waals surface area contributed by atoms with Crippen LogP contribution in [-0.2, 0) is 0 Å². The average molecular weight is 351 g/mol. The van der Waals surface area contributed by atoms with Gasteiger partial charge in [-0.25, -0.2) is 9.78 Å². The van der Waals surface area contributed by atoms with Crippen LogP contribution >= 0.6 is 12.4 Å². The molecule has 2 aromatic heterocycles. The molecule has 2 fully saturated rings. The molecule has 1 aliphatic heterocycles. The normalized spacial score (nSPS) is 19.6. The minimum absolute atomic E-state index is 0. The number of hydrogen-bond donors (Lipinski definition) is 2. The van der Waals surface area contributed by atoms with Crippen LogP contribution in [0.5, 0.6) is 0 Å².